The summed E-state index contributed by atoms with van der Waals surface area (Å²) < 4.78 is 0. The summed E-state index contributed by atoms with van der Waals surface area (Å²) in [6, 6.07) is 0. The van der Waals surface area contributed by atoms with Gasteiger partial charge in [-0.1, -0.05) is 39.3 Å². The molecule has 0 radical (unpaired) electrons. The van der Waals surface area contributed by atoms with Crippen LogP contribution in [-0.4, -0.2) is 0 Å². The third-order valence-electron chi connectivity index (χ3n) is 2.64. The summed E-state index contributed by atoms with van der Waals surface area (Å²) in [6.45, 7) is 9.23. The molecule has 1 rings (SSSR count). The van der Waals surface area contributed by atoms with E-state index in [1.807, 2.05) is 0 Å². The molecule has 0 spiro atoms. The van der Waals surface area contributed by atoms with Crippen molar-refractivity contribution in [1.29, 1.82) is 0 Å². The van der Waals surface area contributed by atoms with Crippen molar-refractivity contribution in [1.82, 2.24) is 0 Å². The van der Waals surface area contributed by atoms with Gasteiger partial charge >= 0.3 is 0 Å². The average molecular weight is 138 g/mol. The highest BCUT2D eigenvalue weighted by Gasteiger charge is 2.21. The standard InChI is InChI=1S/C10H18/c1-7(2)8(3)5-10-6-9(10)4/h6-9H,5H2,1-4H3. The maximum Gasteiger partial charge on any atom is -0.00484 e. The van der Waals surface area contributed by atoms with Crippen LogP contribution in [0.1, 0.15) is 34.1 Å². The fourth-order valence-corrected chi connectivity index (χ4v) is 1.13. The highest BCUT2D eigenvalue weighted by atomic mass is 14.3. The van der Waals surface area contributed by atoms with Gasteiger partial charge in [-0.25, -0.2) is 0 Å². The van der Waals surface area contributed by atoms with Crippen LogP contribution in [0.5, 0.6) is 0 Å². The third-order valence-corrected chi connectivity index (χ3v) is 2.64. The molecule has 0 N–H and O–H groups in total. The molecule has 10 heavy (non-hydrogen) atoms. The molecule has 1 aliphatic rings. The van der Waals surface area contributed by atoms with Gasteiger partial charge in [0.05, 0.1) is 0 Å². The van der Waals surface area contributed by atoms with E-state index in [0.29, 0.717) is 0 Å². The van der Waals surface area contributed by atoms with Crippen LogP contribution >= 0.6 is 0 Å². The first-order valence-corrected chi connectivity index (χ1v) is 4.32. The van der Waals surface area contributed by atoms with Crippen LogP contribution in [0, 0.1) is 17.8 Å². The van der Waals surface area contributed by atoms with Crippen LogP contribution in [0.25, 0.3) is 0 Å². The smallest absolute Gasteiger partial charge is 0.00484 e. The van der Waals surface area contributed by atoms with Crippen LogP contribution in [0.3, 0.4) is 0 Å². The molecule has 0 aromatic rings. The van der Waals surface area contributed by atoms with E-state index in [0.717, 1.165) is 17.8 Å². The number of hydrogen-bond acceptors (Lipinski definition) is 0. The summed E-state index contributed by atoms with van der Waals surface area (Å²) in [5.74, 6) is 2.55. The maximum absolute atomic E-state index is 2.37. The predicted octanol–water partition coefficient (Wildman–Crippen LogP) is 3.24. The SMILES string of the molecule is CC1C=C1CC(C)C(C)C. The molecule has 0 aromatic carbocycles. The summed E-state index contributed by atoms with van der Waals surface area (Å²) in [6.07, 6.45) is 3.71. The van der Waals surface area contributed by atoms with Gasteiger partial charge in [0.1, 0.15) is 0 Å². The van der Waals surface area contributed by atoms with E-state index in [9.17, 15) is 0 Å². The van der Waals surface area contributed by atoms with E-state index in [4.69, 9.17) is 0 Å². The lowest BCUT2D eigenvalue weighted by Crippen LogP contribution is -2.02. The van der Waals surface area contributed by atoms with E-state index in [-0.39, 0.29) is 0 Å². The Balaban J connectivity index is 2.19. The summed E-state index contributed by atoms with van der Waals surface area (Å²) in [4.78, 5) is 0. The van der Waals surface area contributed by atoms with Crippen LogP contribution in [0.2, 0.25) is 0 Å². The Morgan fingerprint density at radius 3 is 2.20 bits per heavy atom. The number of hydrogen-bond donors (Lipinski definition) is 0. The Morgan fingerprint density at radius 2 is 1.90 bits per heavy atom. The molecule has 0 heteroatoms. The van der Waals surface area contributed by atoms with Crippen molar-refractivity contribution >= 4 is 0 Å². The van der Waals surface area contributed by atoms with Crippen molar-refractivity contribution in [2.24, 2.45) is 17.8 Å². The lowest BCUT2D eigenvalue weighted by Gasteiger charge is -2.13. The van der Waals surface area contributed by atoms with Crippen LogP contribution in [-0.2, 0) is 0 Å². The topological polar surface area (TPSA) is 0 Å². The monoisotopic (exact) mass is 138 g/mol. The predicted molar refractivity (Wildman–Crippen MR) is 45.9 cm³/mol. The summed E-state index contributed by atoms with van der Waals surface area (Å²) in [5, 5.41) is 0. The van der Waals surface area contributed by atoms with Gasteiger partial charge in [-0.2, -0.15) is 0 Å². The fraction of sp³-hybridized carbons (Fsp3) is 0.800. The van der Waals surface area contributed by atoms with Gasteiger partial charge in [0, 0.05) is 0 Å². The largest absolute Gasteiger partial charge is 0.0778 e. The molecular formula is C10H18. The first-order chi connectivity index (χ1) is 4.61. The van der Waals surface area contributed by atoms with E-state index < -0.39 is 0 Å². The Labute approximate surface area is 64.3 Å². The van der Waals surface area contributed by atoms with Gasteiger partial charge < -0.3 is 0 Å². The molecule has 0 fully saturated rings. The van der Waals surface area contributed by atoms with E-state index in [1.54, 1.807) is 5.57 Å². The molecule has 0 saturated heterocycles. The van der Waals surface area contributed by atoms with Gasteiger partial charge in [0.15, 0.2) is 0 Å². The molecule has 0 aliphatic heterocycles. The zero-order valence-electron chi connectivity index (χ0n) is 7.52. The van der Waals surface area contributed by atoms with Crippen molar-refractivity contribution in [3.05, 3.63) is 11.6 Å². The first kappa shape index (κ1) is 7.84. The van der Waals surface area contributed by atoms with Crippen molar-refractivity contribution in [2.75, 3.05) is 0 Å². The van der Waals surface area contributed by atoms with Crippen LogP contribution < -0.4 is 0 Å². The molecule has 0 bridgehead atoms. The zero-order valence-corrected chi connectivity index (χ0v) is 7.52. The highest BCUT2D eigenvalue weighted by molar-refractivity contribution is 5.27. The minimum atomic E-state index is 0.834. The van der Waals surface area contributed by atoms with E-state index in [2.05, 4.69) is 33.8 Å². The normalized spacial score (nSPS) is 26.5. The lowest BCUT2D eigenvalue weighted by atomic mass is 9.93. The fourth-order valence-electron chi connectivity index (χ4n) is 1.13. The first-order valence-electron chi connectivity index (χ1n) is 4.32. The van der Waals surface area contributed by atoms with E-state index in [1.165, 1.54) is 6.42 Å². The Bertz CT molecular complexity index is 142. The summed E-state index contributed by atoms with van der Waals surface area (Å²) >= 11 is 0. The molecule has 1 aliphatic carbocycles. The summed E-state index contributed by atoms with van der Waals surface area (Å²) in [5.41, 5.74) is 1.68. The molecule has 0 saturated carbocycles. The minimum absolute atomic E-state index is 0.834. The van der Waals surface area contributed by atoms with Crippen molar-refractivity contribution < 1.29 is 0 Å². The number of allylic oxidation sites excluding steroid dienone is 2. The van der Waals surface area contributed by atoms with Crippen LogP contribution in [0.15, 0.2) is 11.6 Å². The minimum Gasteiger partial charge on any atom is -0.0778 e. The third kappa shape index (κ3) is 1.86. The molecular weight excluding hydrogens is 120 g/mol. The number of rotatable bonds is 3. The van der Waals surface area contributed by atoms with Gasteiger partial charge in [0.25, 0.3) is 0 Å². The Hall–Kier alpha value is -0.260. The Kier molecular flexibility index (Phi) is 2.18. The van der Waals surface area contributed by atoms with Crippen molar-refractivity contribution in [3.63, 3.8) is 0 Å². The van der Waals surface area contributed by atoms with Crippen LogP contribution in [0.4, 0.5) is 0 Å². The second kappa shape index (κ2) is 2.77. The molecule has 0 amide bonds. The summed E-state index contributed by atoms with van der Waals surface area (Å²) in [7, 11) is 0. The maximum atomic E-state index is 2.37. The van der Waals surface area contributed by atoms with Gasteiger partial charge in [-0.15, -0.1) is 0 Å². The Morgan fingerprint density at radius 1 is 1.40 bits per heavy atom. The second-order valence-electron chi connectivity index (χ2n) is 3.96. The molecule has 0 heterocycles. The highest BCUT2D eigenvalue weighted by Crippen LogP contribution is 2.35. The van der Waals surface area contributed by atoms with E-state index >= 15 is 0 Å². The van der Waals surface area contributed by atoms with Gasteiger partial charge in [-0.05, 0) is 24.2 Å². The quantitative estimate of drug-likeness (QED) is 0.525. The molecule has 0 nitrogen and oxygen atoms in total. The molecule has 2 unspecified atom stereocenters. The molecule has 2 atom stereocenters. The van der Waals surface area contributed by atoms with Gasteiger partial charge in [-0.3, -0.25) is 0 Å². The lowest BCUT2D eigenvalue weighted by molar-refractivity contribution is 0.416. The molecule has 0 aromatic heterocycles. The zero-order chi connectivity index (χ0) is 7.72. The van der Waals surface area contributed by atoms with Crippen molar-refractivity contribution in [2.45, 2.75) is 34.1 Å². The molecule has 58 valence electrons. The van der Waals surface area contributed by atoms with Gasteiger partial charge in [0.2, 0.25) is 0 Å². The second-order valence-corrected chi connectivity index (χ2v) is 3.96. The van der Waals surface area contributed by atoms with Crippen molar-refractivity contribution in [3.8, 4) is 0 Å². The average Bonchev–Trinajstić information content (AvgIpc) is 2.46.